The lowest BCUT2D eigenvalue weighted by atomic mass is 9.86. The maximum absolute atomic E-state index is 12.5. The van der Waals surface area contributed by atoms with E-state index in [9.17, 15) is 4.79 Å². The molecule has 3 atom stereocenters. The molecule has 6 heteroatoms. The first-order valence-electron chi connectivity index (χ1n) is 10.7. The summed E-state index contributed by atoms with van der Waals surface area (Å²) in [6.07, 6.45) is 4.03. The Morgan fingerprint density at radius 2 is 1.81 bits per heavy atom. The van der Waals surface area contributed by atoms with Crippen LogP contribution in [0.3, 0.4) is 0 Å². The molecule has 0 aromatic rings. The maximum Gasteiger partial charge on any atom is 0.410 e. The molecule has 0 aromatic heterocycles. The van der Waals surface area contributed by atoms with Gasteiger partial charge in [0, 0.05) is 50.5 Å². The Labute approximate surface area is 165 Å². The van der Waals surface area contributed by atoms with E-state index in [4.69, 9.17) is 9.47 Å². The highest BCUT2D eigenvalue weighted by Crippen LogP contribution is 2.24. The van der Waals surface area contributed by atoms with Crippen LogP contribution in [0.5, 0.6) is 0 Å². The average Bonchev–Trinajstić information content (AvgIpc) is 2.55. The zero-order chi connectivity index (χ0) is 20.0. The topological polar surface area (TPSA) is 62.8 Å². The highest BCUT2D eigenvalue weighted by molar-refractivity contribution is 5.68. The number of nitrogens with zero attached hydrogens (tertiary/aromatic N) is 1. The molecule has 0 radical (unpaired) electrons. The van der Waals surface area contributed by atoms with E-state index in [1.807, 2.05) is 25.7 Å². The van der Waals surface area contributed by atoms with Gasteiger partial charge in [-0.2, -0.15) is 0 Å². The van der Waals surface area contributed by atoms with Crippen LogP contribution < -0.4 is 10.6 Å². The lowest BCUT2D eigenvalue weighted by molar-refractivity contribution is 0.0111. The summed E-state index contributed by atoms with van der Waals surface area (Å²) in [6, 6.07) is 1.87. The second kappa shape index (κ2) is 10.1. The van der Waals surface area contributed by atoms with Crippen molar-refractivity contribution >= 4 is 6.09 Å². The number of piperidine rings is 1. The SMILES string of the molecule is CC(C)NC1CCN(C(=O)OC(C)(C)C)CC1CC(C)NC1CCOCC1. The number of carbonyl (C=O) groups excluding carboxylic acids is 1. The van der Waals surface area contributed by atoms with Gasteiger partial charge in [-0.05, 0) is 59.3 Å². The summed E-state index contributed by atoms with van der Waals surface area (Å²) in [4.78, 5) is 14.4. The normalized spacial score (nSPS) is 26.3. The molecule has 2 aliphatic rings. The average molecular weight is 384 g/mol. The second-order valence-electron chi connectivity index (χ2n) is 9.59. The molecule has 2 N–H and O–H groups in total. The lowest BCUT2D eigenvalue weighted by Gasteiger charge is -2.41. The van der Waals surface area contributed by atoms with Crippen molar-refractivity contribution in [3.8, 4) is 0 Å². The molecular weight excluding hydrogens is 342 g/mol. The molecule has 2 saturated heterocycles. The van der Waals surface area contributed by atoms with E-state index in [0.29, 0.717) is 30.1 Å². The van der Waals surface area contributed by atoms with Crippen LogP contribution in [0.15, 0.2) is 0 Å². The predicted octanol–water partition coefficient (Wildman–Crippen LogP) is 3.16. The highest BCUT2D eigenvalue weighted by atomic mass is 16.6. The van der Waals surface area contributed by atoms with E-state index in [1.165, 1.54) is 0 Å². The fourth-order valence-corrected chi connectivity index (χ4v) is 4.20. The fourth-order valence-electron chi connectivity index (χ4n) is 4.20. The van der Waals surface area contributed by atoms with Gasteiger partial charge in [0.15, 0.2) is 0 Å². The van der Waals surface area contributed by atoms with Crippen molar-refractivity contribution in [2.24, 2.45) is 5.92 Å². The first kappa shape index (κ1) is 22.4. The quantitative estimate of drug-likeness (QED) is 0.738. The molecule has 0 bridgehead atoms. The Morgan fingerprint density at radius 1 is 1.15 bits per heavy atom. The van der Waals surface area contributed by atoms with Gasteiger partial charge in [-0.1, -0.05) is 13.8 Å². The number of hydrogen-bond acceptors (Lipinski definition) is 5. The minimum absolute atomic E-state index is 0.180. The van der Waals surface area contributed by atoms with Gasteiger partial charge in [0.2, 0.25) is 0 Å². The van der Waals surface area contributed by atoms with E-state index in [2.05, 4.69) is 31.4 Å². The van der Waals surface area contributed by atoms with Crippen LogP contribution in [0.25, 0.3) is 0 Å². The number of hydrogen-bond donors (Lipinski definition) is 2. The lowest BCUT2D eigenvalue weighted by Crippen LogP contribution is -2.54. The molecule has 3 unspecified atom stereocenters. The number of rotatable bonds is 6. The third-order valence-corrected chi connectivity index (χ3v) is 5.33. The summed E-state index contributed by atoms with van der Waals surface area (Å²) >= 11 is 0. The largest absolute Gasteiger partial charge is 0.444 e. The van der Waals surface area contributed by atoms with Gasteiger partial charge in [-0.25, -0.2) is 4.79 Å². The highest BCUT2D eigenvalue weighted by Gasteiger charge is 2.34. The number of amides is 1. The maximum atomic E-state index is 12.5. The summed E-state index contributed by atoms with van der Waals surface area (Å²) < 4.78 is 11.1. The molecule has 1 amide bonds. The van der Waals surface area contributed by atoms with Crippen molar-refractivity contribution in [3.05, 3.63) is 0 Å². The van der Waals surface area contributed by atoms with Crippen molar-refractivity contribution in [2.75, 3.05) is 26.3 Å². The van der Waals surface area contributed by atoms with E-state index < -0.39 is 5.60 Å². The predicted molar refractivity (Wildman–Crippen MR) is 109 cm³/mol. The smallest absolute Gasteiger partial charge is 0.410 e. The first-order valence-corrected chi connectivity index (χ1v) is 10.7. The first-order chi connectivity index (χ1) is 12.6. The molecule has 0 spiro atoms. The summed E-state index contributed by atoms with van der Waals surface area (Å²) in [7, 11) is 0. The Morgan fingerprint density at radius 3 is 2.41 bits per heavy atom. The number of ether oxygens (including phenoxy) is 2. The van der Waals surface area contributed by atoms with Crippen LogP contribution in [0.2, 0.25) is 0 Å². The summed E-state index contributed by atoms with van der Waals surface area (Å²) in [5.41, 5.74) is -0.447. The number of likely N-dealkylation sites (tertiary alicyclic amines) is 1. The van der Waals surface area contributed by atoms with E-state index >= 15 is 0 Å². The molecule has 2 aliphatic heterocycles. The molecule has 2 heterocycles. The summed E-state index contributed by atoms with van der Waals surface area (Å²) in [5.74, 6) is 0.427. The van der Waals surface area contributed by atoms with Crippen molar-refractivity contribution in [3.63, 3.8) is 0 Å². The molecule has 27 heavy (non-hydrogen) atoms. The monoisotopic (exact) mass is 383 g/mol. The summed E-state index contributed by atoms with van der Waals surface area (Å²) in [5, 5.41) is 7.50. The van der Waals surface area contributed by atoms with Gasteiger partial charge in [0.25, 0.3) is 0 Å². The molecule has 2 fully saturated rings. The minimum atomic E-state index is -0.447. The number of carbonyl (C=O) groups is 1. The zero-order valence-corrected chi connectivity index (χ0v) is 18.2. The van der Waals surface area contributed by atoms with Crippen molar-refractivity contribution in [1.82, 2.24) is 15.5 Å². The van der Waals surface area contributed by atoms with Gasteiger partial charge in [0.1, 0.15) is 5.60 Å². The van der Waals surface area contributed by atoms with E-state index in [0.717, 1.165) is 52.0 Å². The van der Waals surface area contributed by atoms with Gasteiger partial charge in [-0.3, -0.25) is 0 Å². The van der Waals surface area contributed by atoms with Crippen LogP contribution in [0.4, 0.5) is 4.79 Å². The Hall–Kier alpha value is -0.850. The number of nitrogens with one attached hydrogen (secondary N) is 2. The third kappa shape index (κ3) is 7.96. The third-order valence-electron chi connectivity index (χ3n) is 5.33. The fraction of sp³-hybridized carbons (Fsp3) is 0.952. The molecule has 6 nitrogen and oxygen atoms in total. The second-order valence-corrected chi connectivity index (χ2v) is 9.59. The minimum Gasteiger partial charge on any atom is -0.444 e. The Bertz CT molecular complexity index is 458. The standard InChI is InChI=1S/C21H41N3O3/c1-15(2)22-19-7-10-24(20(25)27-21(4,5)6)14-17(19)13-16(3)23-18-8-11-26-12-9-18/h15-19,22-23H,7-14H2,1-6H3. The van der Waals surface area contributed by atoms with E-state index in [-0.39, 0.29) is 6.09 Å². The molecule has 2 rings (SSSR count). The van der Waals surface area contributed by atoms with Crippen LogP contribution in [-0.2, 0) is 9.47 Å². The molecule has 0 saturated carbocycles. The molecule has 158 valence electrons. The van der Waals surface area contributed by atoms with Gasteiger partial charge >= 0.3 is 6.09 Å². The Kier molecular flexibility index (Phi) is 8.38. The van der Waals surface area contributed by atoms with Gasteiger partial charge < -0.3 is 25.0 Å². The van der Waals surface area contributed by atoms with E-state index in [1.54, 1.807) is 0 Å². The Balaban J connectivity index is 1.94. The van der Waals surface area contributed by atoms with Crippen LogP contribution in [0, 0.1) is 5.92 Å². The molecule has 0 aliphatic carbocycles. The van der Waals surface area contributed by atoms with Gasteiger partial charge in [0.05, 0.1) is 0 Å². The van der Waals surface area contributed by atoms with Crippen molar-refractivity contribution < 1.29 is 14.3 Å². The van der Waals surface area contributed by atoms with Crippen molar-refractivity contribution in [1.29, 1.82) is 0 Å². The van der Waals surface area contributed by atoms with Crippen LogP contribution in [-0.4, -0.2) is 67.1 Å². The van der Waals surface area contributed by atoms with Crippen molar-refractivity contribution in [2.45, 2.75) is 97.0 Å². The van der Waals surface area contributed by atoms with Crippen LogP contribution in [0.1, 0.15) is 67.2 Å². The molecular formula is C21H41N3O3. The van der Waals surface area contributed by atoms with Crippen LogP contribution >= 0.6 is 0 Å². The zero-order valence-electron chi connectivity index (χ0n) is 18.2. The summed E-state index contributed by atoms with van der Waals surface area (Å²) in [6.45, 7) is 15.7. The molecule has 0 aromatic carbocycles. The van der Waals surface area contributed by atoms with Gasteiger partial charge in [-0.15, -0.1) is 0 Å².